The van der Waals surface area contributed by atoms with E-state index in [9.17, 15) is 0 Å². The van der Waals surface area contributed by atoms with Crippen LogP contribution in [0, 0.1) is 0 Å². The van der Waals surface area contributed by atoms with Crippen LogP contribution < -0.4 is 0 Å². The molecule has 21 aromatic carbocycles. The van der Waals surface area contributed by atoms with E-state index in [1.54, 1.807) is 0 Å². The Morgan fingerprint density at radius 1 is 0.125 bits per heavy atom. The van der Waals surface area contributed by atoms with Crippen molar-refractivity contribution in [2.75, 3.05) is 0 Å². The second-order valence-corrected chi connectivity index (χ2v) is 40.6. The topological polar surface area (TPSA) is 64.5 Å². The van der Waals surface area contributed by atoms with Gasteiger partial charge in [0.15, 0.2) is 23.3 Å². The fraction of sp³-hybridized carbons (Fsp3) is 0.0292. The molecular formula is C137H85N5S2. The third-order valence-corrected chi connectivity index (χ3v) is 33.7. The van der Waals surface area contributed by atoms with Gasteiger partial charge in [-0.1, -0.05) is 491 Å². The standard InChI is InChI=1S/C137H85N5S2/c1-4-31-86(32-5-1)88-61-69-93(70-62-88)125-85-124(92-35-8-3-9-36-92)138-130(139-125)94-75-67-91(68-76-94)103-45-30-59-121-129(103)144-128-80-78-100(84-123(128)137(121)118-56-24-20-52-114(118)135(115-53-21-25-57-119(115)137)110-48-16-12-43-106(110)107-44-13-17-49-111(107)135)98-38-28-37-97(81-98)90-65-73-96(74-66-90)132-140-131(95-71-63-89(64-72-95)87-33-6-2-7-34-87)141-133(142-132)102-40-29-39-99(82-102)101-77-79-127-122(83-101)136(120-58-26-27-60-126(120)143-127)116-54-22-18-50-112(116)134(113-51-19-23-55-117(113)136)108-46-14-10-41-104(108)105-42-11-15-47-109(105)134/h1-85H. The number of hydrogen-bond donors (Lipinski definition) is 0. The lowest BCUT2D eigenvalue weighted by Crippen LogP contribution is -2.45. The van der Waals surface area contributed by atoms with Gasteiger partial charge in [0, 0.05) is 53.0 Å². The molecule has 29 rings (SSSR count). The Kier molecular flexibility index (Phi) is 19.1. The van der Waals surface area contributed by atoms with E-state index in [2.05, 4.69) is 516 Å². The molecule has 144 heavy (non-hydrogen) atoms. The van der Waals surface area contributed by atoms with Gasteiger partial charge in [-0.3, -0.25) is 0 Å². The average molecular weight is 1870 g/mol. The van der Waals surface area contributed by atoms with Crippen LogP contribution in [-0.2, 0) is 21.7 Å². The molecule has 0 atom stereocenters. The Labute approximate surface area is 844 Å². The molecule has 0 fully saturated rings. The zero-order valence-corrected chi connectivity index (χ0v) is 79.8. The van der Waals surface area contributed by atoms with E-state index in [4.69, 9.17) is 24.9 Å². The molecule has 0 N–H and O–H groups in total. The highest BCUT2D eigenvalue weighted by molar-refractivity contribution is 8.00. The molecule has 0 saturated heterocycles. The van der Waals surface area contributed by atoms with Crippen LogP contribution in [-0.4, -0.2) is 24.9 Å². The first kappa shape index (κ1) is 83.4. The summed E-state index contributed by atoms with van der Waals surface area (Å²) in [6, 6.07) is 192. The number of rotatable bonds is 12. The minimum atomic E-state index is -0.816. The maximum atomic E-state index is 5.52. The van der Waals surface area contributed by atoms with Crippen LogP contribution in [0.3, 0.4) is 0 Å². The summed E-state index contributed by atoms with van der Waals surface area (Å²) in [5, 5.41) is 0. The summed E-state index contributed by atoms with van der Waals surface area (Å²) in [5.74, 6) is 2.42. The summed E-state index contributed by atoms with van der Waals surface area (Å²) in [6.45, 7) is 0. The first-order valence-corrected chi connectivity index (χ1v) is 51.1. The third kappa shape index (κ3) is 12.5. The molecule has 0 unspecified atom stereocenters. The first-order valence-electron chi connectivity index (χ1n) is 49.5. The summed E-state index contributed by atoms with van der Waals surface area (Å²) in [4.78, 5) is 32.0. The summed E-state index contributed by atoms with van der Waals surface area (Å²) in [6.07, 6.45) is 0. The van der Waals surface area contributed by atoms with Crippen LogP contribution in [0.2, 0.25) is 0 Å². The number of hydrogen-bond acceptors (Lipinski definition) is 7. The Bertz CT molecular complexity index is 9000. The van der Waals surface area contributed by atoms with Crippen molar-refractivity contribution in [2.24, 2.45) is 0 Å². The van der Waals surface area contributed by atoms with Crippen molar-refractivity contribution in [1.29, 1.82) is 0 Å². The molecule has 4 aliphatic carbocycles. The van der Waals surface area contributed by atoms with Crippen LogP contribution in [0.15, 0.2) is 535 Å². The van der Waals surface area contributed by atoms with Gasteiger partial charge in [0.1, 0.15) is 0 Å². The van der Waals surface area contributed by atoms with Gasteiger partial charge < -0.3 is 0 Å². The molecule has 0 saturated carbocycles. The third-order valence-electron chi connectivity index (χ3n) is 31.3. The normalized spacial score (nSPS) is 14.0. The SMILES string of the molecule is c1ccc(-c2ccc(-c3cc(-c4ccccc4)nc(-c4ccc(-c5cccc6c5Sc5ccc(-c7cccc(-c8ccc(-c9nc(-c%10ccc(-c%11ccccc%11)cc%10)nc(-c%10cccc(-c%11ccc%12c(c%11)C%11(c%13ccccc%13S%12)c%12ccccc%12C%12(c%13ccccc%13-c%13ccccc%13%12)c%12ccccc%12%11)c%10)n9)cc8)c7)cc5C65c6ccccc6C6(c7ccccc7-c7ccccc76)c6ccccc65)cc4)n3)cc2)cc1. The van der Waals surface area contributed by atoms with Crippen molar-refractivity contribution in [3.05, 3.63) is 605 Å². The highest BCUT2D eigenvalue weighted by Crippen LogP contribution is 2.71. The second kappa shape index (κ2) is 33.0. The molecular weight excluding hydrogens is 1780 g/mol. The highest BCUT2D eigenvalue weighted by atomic mass is 32.2. The van der Waals surface area contributed by atoms with E-state index >= 15 is 0 Å². The lowest BCUT2D eigenvalue weighted by molar-refractivity contribution is 0.606. The van der Waals surface area contributed by atoms with Crippen molar-refractivity contribution in [3.63, 3.8) is 0 Å². The Morgan fingerprint density at radius 2 is 0.361 bits per heavy atom. The monoisotopic (exact) mass is 1860 g/mol. The van der Waals surface area contributed by atoms with Crippen molar-refractivity contribution in [3.8, 4) is 157 Å². The smallest absolute Gasteiger partial charge is 0.164 e. The van der Waals surface area contributed by atoms with Crippen molar-refractivity contribution >= 4 is 23.5 Å². The predicted molar refractivity (Wildman–Crippen MR) is 587 cm³/mol. The van der Waals surface area contributed by atoms with Gasteiger partial charge in [-0.05, 0) is 227 Å². The van der Waals surface area contributed by atoms with E-state index in [-0.39, 0.29) is 0 Å². The van der Waals surface area contributed by atoms with Gasteiger partial charge >= 0.3 is 0 Å². The molecule has 2 aromatic heterocycles. The molecule has 23 aromatic rings. The predicted octanol–water partition coefficient (Wildman–Crippen LogP) is 33.7. The minimum absolute atomic E-state index is 0.556. The van der Waals surface area contributed by atoms with Crippen molar-refractivity contribution in [1.82, 2.24) is 24.9 Å². The summed E-state index contributed by atoms with van der Waals surface area (Å²) in [5.41, 5.74) is 43.8. The van der Waals surface area contributed by atoms with Gasteiger partial charge in [-0.25, -0.2) is 24.9 Å². The molecule has 670 valence electrons. The fourth-order valence-corrected chi connectivity index (χ4v) is 27.6. The molecule has 4 spiro atoms. The molecule has 6 aliphatic rings. The van der Waals surface area contributed by atoms with Crippen LogP contribution in [0.25, 0.3) is 157 Å². The Hall–Kier alpha value is -17.6. The van der Waals surface area contributed by atoms with Crippen LogP contribution in [0.4, 0.5) is 0 Å². The maximum Gasteiger partial charge on any atom is 0.164 e. The molecule has 7 heteroatoms. The average Bonchev–Trinajstić information content (AvgIpc) is 1.39. The van der Waals surface area contributed by atoms with E-state index in [0.29, 0.717) is 23.3 Å². The fourth-order valence-electron chi connectivity index (χ4n) is 25.1. The summed E-state index contributed by atoms with van der Waals surface area (Å²) >= 11 is 3.76. The molecule has 5 nitrogen and oxygen atoms in total. The van der Waals surface area contributed by atoms with E-state index in [1.165, 1.54) is 136 Å². The molecule has 0 bridgehead atoms. The highest BCUT2D eigenvalue weighted by Gasteiger charge is 2.61. The zero-order valence-electron chi connectivity index (χ0n) is 78.1. The number of benzene rings is 21. The number of nitrogens with zero attached hydrogens (tertiary/aromatic N) is 5. The molecule has 2 aliphatic heterocycles. The van der Waals surface area contributed by atoms with E-state index in [1.807, 2.05) is 23.5 Å². The van der Waals surface area contributed by atoms with Crippen LogP contribution in [0.5, 0.6) is 0 Å². The summed E-state index contributed by atoms with van der Waals surface area (Å²) in [7, 11) is 0. The lowest BCUT2D eigenvalue weighted by atomic mass is 9.51. The second-order valence-electron chi connectivity index (χ2n) is 38.5. The first-order chi connectivity index (χ1) is 71.3. The minimum Gasteiger partial charge on any atom is -0.228 e. The van der Waals surface area contributed by atoms with Gasteiger partial charge in [0.05, 0.1) is 33.0 Å². The number of aromatic nitrogens is 5. The quantitative estimate of drug-likeness (QED) is 0.121. The Morgan fingerprint density at radius 3 is 0.785 bits per heavy atom. The molecule has 4 heterocycles. The van der Waals surface area contributed by atoms with E-state index < -0.39 is 21.7 Å². The maximum absolute atomic E-state index is 5.52. The number of fused-ring (bicyclic) bond motifs is 30. The van der Waals surface area contributed by atoms with Gasteiger partial charge in [0.25, 0.3) is 0 Å². The van der Waals surface area contributed by atoms with Crippen LogP contribution >= 0.6 is 23.5 Å². The Balaban J connectivity index is 0.536. The zero-order chi connectivity index (χ0) is 94.8. The van der Waals surface area contributed by atoms with E-state index in [0.717, 1.165) is 106 Å². The molecule has 0 radical (unpaired) electrons. The van der Waals surface area contributed by atoms with Crippen molar-refractivity contribution < 1.29 is 0 Å². The van der Waals surface area contributed by atoms with Gasteiger partial charge in [0.2, 0.25) is 0 Å². The lowest BCUT2D eigenvalue weighted by Gasteiger charge is -2.52. The van der Waals surface area contributed by atoms with Crippen LogP contribution in [0.1, 0.15) is 89.0 Å². The molecule has 0 amide bonds. The van der Waals surface area contributed by atoms with Gasteiger partial charge in [-0.2, -0.15) is 0 Å². The summed E-state index contributed by atoms with van der Waals surface area (Å²) < 4.78 is 0. The van der Waals surface area contributed by atoms with Gasteiger partial charge in [-0.15, -0.1) is 0 Å². The van der Waals surface area contributed by atoms with Crippen molar-refractivity contribution in [2.45, 2.75) is 41.2 Å². The largest absolute Gasteiger partial charge is 0.228 e.